The van der Waals surface area contributed by atoms with Gasteiger partial charge in [0.25, 0.3) is 7.82 Å². The molecule has 0 saturated carbocycles. The number of allylic oxidation sites excluding steroid dienone is 28. The van der Waals surface area contributed by atoms with Gasteiger partial charge in [-0.2, -0.15) is 0 Å². The van der Waals surface area contributed by atoms with Crippen LogP contribution in [0.25, 0.3) is 0 Å². The summed E-state index contributed by atoms with van der Waals surface area (Å²) in [5.41, 5.74) is 0. The fourth-order valence-corrected chi connectivity index (χ4v) is 12.1. The number of carbonyl (C=O) groups excluding carboxylic acids is 2. The number of hydrogen-bond acceptors (Lipinski definition) is 8. The number of nitrogens with zero attached hydrogens (tertiary/aromatic N) is 1. The zero-order valence-electron chi connectivity index (χ0n) is 66.5. The van der Waals surface area contributed by atoms with E-state index in [4.69, 9.17) is 18.5 Å². The smallest absolute Gasteiger partial charge is 0.306 e. The summed E-state index contributed by atoms with van der Waals surface area (Å²) in [6, 6.07) is 0. The molecule has 10 heteroatoms. The molecule has 0 amide bonds. The standard InChI is InChI=1S/C92H156NO8P/c1-6-8-10-12-14-16-18-20-22-24-26-28-30-32-34-36-38-40-42-44-45-46-47-49-50-52-54-56-58-60-62-64-66-68-70-72-74-76-78-80-82-84-91(94)98-88-90(89-100-102(96,97)99-87-86-93(3,4)5)101-92(95)85-83-81-79-77-75-73-71-69-67-65-63-61-59-57-55-53-51-48-43-41-39-37-35-33-31-29-27-25-23-21-19-17-15-13-11-9-7-2/h9,11,15,17-18,20-21,23-24,26-27,29-30,32-33,35,39,41,48,51,55,57,61,63,67,69,73,75,90H,6-8,10,12-14,16,19,22,25,28,31,34,36-38,40,42-47,49-50,52-54,56,58-60,62,64-66,68,70-72,74,76-89H2,1-5H3/b11-9-,17-15-,20-18-,23-21-,26-24-,29-27-,32-30-,35-33-,41-39-,51-48-,57-55-,63-61-,69-67-,75-73-. The Hall–Kier alpha value is -4.63. The van der Waals surface area contributed by atoms with Gasteiger partial charge in [-0.15, -0.1) is 0 Å². The molecule has 0 aliphatic rings. The van der Waals surface area contributed by atoms with Gasteiger partial charge in [-0.05, 0) is 135 Å². The van der Waals surface area contributed by atoms with E-state index < -0.39 is 32.5 Å². The molecule has 0 aromatic heterocycles. The van der Waals surface area contributed by atoms with Crippen molar-refractivity contribution in [3.63, 3.8) is 0 Å². The molecule has 0 spiro atoms. The number of esters is 2. The van der Waals surface area contributed by atoms with Crippen LogP contribution in [0.5, 0.6) is 0 Å². The number of hydrogen-bond donors (Lipinski definition) is 0. The van der Waals surface area contributed by atoms with E-state index in [1.165, 1.54) is 193 Å². The second-order valence-electron chi connectivity index (χ2n) is 28.8. The first kappa shape index (κ1) is 97.4. The molecule has 0 heterocycles. The number of ether oxygens (including phenoxy) is 2. The van der Waals surface area contributed by atoms with Crippen LogP contribution in [-0.4, -0.2) is 70.0 Å². The Morgan fingerprint density at radius 1 is 0.314 bits per heavy atom. The highest BCUT2D eigenvalue weighted by Crippen LogP contribution is 2.38. The van der Waals surface area contributed by atoms with Gasteiger partial charge >= 0.3 is 11.9 Å². The fourth-order valence-electron chi connectivity index (χ4n) is 11.4. The summed E-state index contributed by atoms with van der Waals surface area (Å²) >= 11 is 0. The first-order valence-electron chi connectivity index (χ1n) is 41.8. The third kappa shape index (κ3) is 84.3. The van der Waals surface area contributed by atoms with Crippen molar-refractivity contribution in [3.05, 3.63) is 170 Å². The van der Waals surface area contributed by atoms with Crippen molar-refractivity contribution in [1.82, 2.24) is 0 Å². The molecule has 0 fully saturated rings. The number of likely N-dealkylation sites (N-methyl/N-ethyl adjacent to an activating group) is 1. The molecule has 0 radical (unpaired) electrons. The Balaban J connectivity index is 4.03. The van der Waals surface area contributed by atoms with Crippen molar-refractivity contribution in [3.8, 4) is 0 Å². The van der Waals surface area contributed by atoms with E-state index >= 15 is 0 Å². The minimum absolute atomic E-state index is 0.0446. The minimum atomic E-state index is -4.67. The zero-order valence-corrected chi connectivity index (χ0v) is 67.4. The number of rotatable bonds is 76. The highest BCUT2D eigenvalue weighted by atomic mass is 31.2. The fraction of sp³-hybridized carbons (Fsp3) is 0.674. The lowest BCUT2D eigenvalue weighted by Gasteiger charge is -2.28. The van der Waals surface area contributed by atoms with Crippen LogP contribution < -0.4 is 4.89 Å². The van der Waals surface area contributed by atoms with Gasteiger partial charge in [0, 0.05) is 12.8 Å². The third-order valence-corrected chi connectivity index (χ3v) is 18.7. The van der Waals surface area contributed by atoms with Crippen molar-refractivity contribution >= 4 is 19.8 Å². The second-order valence-corrected chi connectivity index (χ2v) is 30.2. The molecule has 0 saturated heterocycles. The molecule has 0 aromatic carbocycles. The Morgan fingerprint density at radius 3 is 0.843 bits per heavy atom. The van der Waals surface area contributed by atoms with E-state index in [-0.39, 0.29) is 26.1 Å². The van der Waals surface area contributed by atoms with E-state index in [0.29, 0.717) is 17.4 Å². The normalized spacial score (nSPS) is 13.9. The molecule has 582 valence electrons. The molecule has 0 aliphatic carbocycles. The third-order valence-electron chi connectivity index (χ3n) is 17.7. The van der Waals surface area contributed by atoms with Crippen LogP contribution in [0.4, 0.5) is 0 Å². The molecule has 0 aromatic rings. The highest BCUT2D eigenvalue weighted by molar-refractivity contribution is 7.45. The Kier molecular flexibility index (Phi) is 76.8. The van der Waals surface area contributed by atoms with E-state index in [1.807, 2.05) is 21.1 Å². The van der Waals surface area contributed by atoms with Gasteiger partial charge in [-0.3, -0.25) is 14.2 Å². The Morgan fingerprint density at radius 2 is 0.559 bits per heavy atom. The average molecular weight is 1440 g/mol. The Bertz CT molecular complexity index is 2340. The topological polar surface area (TPSA) is 111 Å². The quantitative estimate of drug-likeness (QED) is 0.0195. The maximum Gasteiger partial charge on any atom is 0.306 e. The van der Waals surface area contributed by atoms with Gasteiger partial charge in [-0.1, -0.05) is 370 Å². The maximum atomic E-state index is 12.9. The van der Waals surface area contributed by atoms with Crippen LogP contribution in [0, 0.1) is 0 Å². The van der Waals surface area contributed by atoms with Gasteiger partial charge in [0.15, 0.2) is 6.10 Å². The van der Waals surface area contributed by atoms with Crippen LogP contribution in [-0.2, 0) is 32.7 Å². The van der Waals surface area contributed by atoms with Crippen LogP contribution >= 0.6 is 7.82 Å². The average Bonchev–Trinajstić information content (AvgIpc) is 0.913. The van der Waals surface area contributed by atoms with Gasteiger partial charge in [0.1, 0.15) is 19.8 Å². The van der Waals surface area contributed by atoms with Gasteiger partial charge in [0.05, 0.1) is 27.7 Å². The SMILES string of the molecule is CC/C=C\C/C=C\C/C=C\C/C=C\C/C=C\C/C=C\C/C=C\C/C=C\C/C=C\C/C=C\C/C=C\CCCCCC(=O)OC(COC(=O)CCCCCCCCCCCCCCCCCCCCCCCCCCCC/C=C\C/C=C\C/C=C\CCCCCCC)COP(=O)([O-])OCC[N+](C)(C)C. The molecule has 9 nitrogen and oxygen atoms in total. The Labute approximate surface area is 629 Å². The van der Waals surface area contributed by atoms with E-state index in [2.05, 4.69) is 184 Å². The molecule has 0 N–H and O–H groups in total. The van der Waals surface area contributed by atoms with Gasteiger partial charge < -0.3 is 27.9 Å². The van der Waals surface area contributed by atoms with Crippen molar-refractivity contribution in [2.75, 3.05) is 47.5 Å². The molecule has 0 aliphatic heterocycles. The van der Waals surface area contributed by atoms with Crippen molar-refractivity contribution in [2.24, 2.45) is 0 Å². The summed E-state index contributed by atoms with van der Waals surface area (Å²) in [5, 5.41) is 0. The summed E-state index contributed by atoms with van der Waals surface area (Å²) in [7, 11) is 1.13. The first-order valence-corrected chi connectivity index (χ1v) is 43.3. The van der Waals surface area contributed by atoms with Gasteiger partial charge in [-0.25, -0.2) is 0 Å². The predicted octanol–water partition coefficient (Wildman–Crippen LogP) is 27.8. The van der Waals surface area contributed by atoms with Crippen molar-refractivity contribution in [2.45, 2.75) is 354 Å². The van der Waals surface area contributed by atoms with Crippen LogP contribution in [0.1, 0.15) is 348 Å². The molecule has 102 heavy (non-hydrogen) atoms. The van der Waals surface area contributed by atoms with Crippen LogP contribution in [0.15, 0.2) is 170 Å². The summed E-state index contributed by atoms with van der Waals surface area (Å²) < 4.78 is 34.4. The summed E-state index contributed by atoms with van der Waals surface area (Å²) in [4.78, 5) is 38.2. The lowest BCUT2D eigenvalue weighted by atomic mass is 10.0. The lowest BCUT2D eigenvalue weighted by molar-refractivity contribution is -0.870. The first-order chi connectivity index (χ1) is 50.0. The van der Waals surface area contributed by atoms with E-state index in [0.717, 1.165) is 122 Å². The van der Waals surface area contributed by atoms with Crippen LogP contribution in [0.3, 0.4) is 0 Å². The summed E-state index contributed by atoms with van der Waals surface area (Å²) in [6.07, 6.45) is 122. The number of carbonyl (C=O) groups is 2. The number of quaternary nitrogens is 1. The second kappa shape index (κ2) is 80.5. The van der Waals surface area contributed by atoms with E-state index in [9.17, 15) is 19.0 Å². The van der Waals surface area contributed by atoms with Crippen LogP contribution in [0.2, 0.25) is 0 Å². The predicted molar refractivity (Wildman–Crippen MR) is 443 cm³/mol. The van der Waals surface area contributed by atoms with Gasteiger partial charge in [0.2, 0.25) is 0 Å². The monoisotopic (exact) mass is 1430 g/mol. The molecular weight excluding hydrogens is 1280 g/mol. The molecular formula is C92H156NO8P. The summed E-state index contributed by atoms with van der Waals surface area (Å²) in [6.45, 7) is 4.09. The molecule has 2 atom stereocenters. The molecule has 2 unspecified atom stereocenters. The lowest BCUT2D eigenvalue weighted by Crippen LogP contribution is -2.37. The molecule has 0 rings (SSSR count). The minimum Gasteiger partial charge on any atom is -0.756 e. The zero-order chi connectivity index (χ0) is 74.0. The van der Waals surface area contributed by atoms with E-state index in [1.54, 1.807) is 0 Å². The van der Waals surface area contributed by atoms with Crippen molar-refractivity contribution < 1.29 is 42.1 Å². The highest BCUT2D eigenvalue weighted by Gasteiger charge is 2.22. The van der Waals surface area contributed by atoms with Crippen molar-refractivity contribution in [1.29, 1.82) is 0 Å². The molecule has 0 bridgehead atoms. The number of phosphoric acid groups is 1. The number of phosphoric ester groups is 1. The number of unbranched alkanes of at least 4 members (excludes halogenated alkanes) is 34. The summed E-state index contributed by atoms with van der Waals surface area (Å²) in [5.74, 6) is -0.871. The maximum absolute atomic E-state index is 12.9. The largest absolute Gasteiger partial charge is 0.756 e.